The van der Waals surface area contributed by atoms with Gasteiger partial charge in [0, 0.05) is 49.9 Å². The van der Waals surface area contributed by atoms with Crippen molar-refractivity contribution in [1.29, 1.82) is 0 Å². The van der Waals surface area contributed by atoms with E-state index in [9.17, 15) is 0 Å². The van der Waals surface area contributed by atoms with Crippen molar-refractivity contribution in [2.24, 2.45) is 0 Å². The number of aromatic nitrogens is 1. The molecule has 0 aliphatic heterocycles. The molecule has 1 atom stereocenters. The second kappa shape index (κ2) is 9.59. The van der Waals surface area contributed by atoms with Gasteiger partial charge >= 0.3 is 0 Å². The number of nitrogens with one attached hydrogen (secondary N) is 2. The number of hydrogen-bond donors (Lipinski definition) is 2. The van der Waals surface area contributed by atoms with Crippen molar-refractivity contribution in [1.82, 2.24) is 15.4 Å². The van der Waals surface area contributed by atoms with Crippen LogP contribution in [-0.4, -0.2) is 48.8 Å². The molecule has 1 heterocycles. The maximum Gasteiger partial charge on any atom is 0.140 e. The Morgan fingerprint density at radius 2 is 2.04 bits per heavy atom. The van der Waals surface area contributed by atoms with Crippen LogP contribution >= 0.6 is 0 Å². The third-order valence-corrected chi connectivity index (χ3v) is 4.90. The Balaban J connectivity index is 1.36. The molecular formula is C20H30N4O. The van der Waals surface area contributed by atoms with Crippen molar-refractivity contribution >= 4 is 5.69 Å². The highest BCUT2D eigenvalue weighted by molar-refractivity contribution is 5.42. The zero-order valence-corrected chi connectivity index (χ0v) is 15.2. The van der Waals surface area contributed by atoms with Crippen LogP contribution in [0.25, 0.3) is 0 Å². The molecule has 1 aliphatic rings. The maximum atomic E-state index is 5.32. The highest BCUT2D eigenvalue weighted by atomic mass is 16.5. The number of hydrogen-bond acceptors (Lipinski definition) is 5. The van der Waals surface area contributed by atoms with Crippen molar-refractivity contribution < 1.29 is 4.52 Å². The second-order valence-corrected chi connectivity index (χ2v) is 6.75. The summed E-state index contributed by atoms with van der Waals surface area (Å²) in [4.78, 5) is 2.63. The lowest BCUT2D eigenvalue weighted by atomic mass is 9.93. The van der Waals surface area contributed by atoms with Crippen LogP contribution in [0.15, 0.2) is 41.1 Å². The smallest absolute Gasteiger partial charge is 0.140 e. The zero-order valence-electron chi connectivity index (χ0n) is 15.2. The first-order valence-corrected chi connectivity index (χ1v) is 9.53. The average molecular weight is 342 g/mol. The lowest BCUT2D eigenvalue weighted by molar-refractivity contribution is 0.175. The number of benzene rings is 1. The van der Waals surface area contributed by atoms with Gasteiger partial charge in [0.05, 0.1) is 6.20 Å². The molecule has 0 spiro atoms. The Bertz CT molecular complexity index is 613. The molecule has 136 valence electrons. The first-order valence-electron chi connectivity index (χ1n) is 9.53. The van der Waals surface area contributed by atoms with Gasteiger partial charge in [0.15, 0.2) is 0 Å². The van der Waals surface area contributed by atoms with Gasteiger partial charge in [-0.2, -0.15) is 0 Å². The lowest BCUT2D eigenvalue weighted by Crippen LogP contribution is -2.43. The minimum absolute atomic E-state index is 0.621. The average Bonchev–Trinajstić information content (AvgIpc) is 3.12. The van der Waals surface area contributed by atoms with Crippen molar-refractivity contribution in [2.75, 3.05) is 38.0 Å². The van der Waals surface area contributed by atoms with Gasteiger partial charge in [-0.3, -0.25) is 4.90 Å². The maximum absolute atomic E-state index is 5.32. The molecule has 25 heavy (non-hydrogen) atoms. The van der Waals surface area contributed by atoms with Gasteiger partial charge in [-0.25, -0.2) is 0 Å². The lowest BCUT2D eigenvalue weighted by Gasteiger charge is -2.33. The standard InChI is InChI=1S/C20H30N4O/c1-2-13-24(19-8-9-20-17(15-19)16-23-25-20)14-12-21-10-11-22-18-6-4-3-5-7-18/h3-7,16,19,21-22H,2,8-15H2,1H3. The molecule has 0 fully saturated rings. The van der Waals surface area contributed by atoms with Crippen LogP contribution in [-0.2, 0) is 12.8 Å². The number of anilines is 1. The van der Waals surface area contributed by atoms with Crippen LogP contribution in [0.5, 0.6) is 0 Å². The molecule has 5 heteroatoms. The summed E-state index contributed by atoms with van der Waals surface area (Å²) >= 11 is 0. The molecule has 5 nitrogen and oxygen atoms in total. The summed E-state index contributed by atoms with van der Waals surface area (Å²) in [6.45, 7) is 7.49. The Labute approximate surface area is 150 Å². The molecule has 1 unspecified atom stereocenters. The van der Waals surface area contributed by atoms with E-state index in [1.165, 1.54) is 24.1 Å². The summed E-state index contributed by atoms with van der Waals surface area (Å²) in [6, 6.07) is 11.0. The van der Waals surface area contributed by atoms with Gasteiger partial charge in [0.1, 0.15) is 5.76 Å². The topological polar surface area (TPSA) is 53.3 Å². The van der Waals surface area contributed by atoms with Gasteiger partial charge in [-0.1, -0.05) is 30.3 Å². The largest absolute Gasteiger partial charge is 0.384 e. The molecule has 3 rings (SSSR count). The highest BCUT2D eigenvalue weighted by Gasteiger charge is 2.25. The van der Waals surface area contributed by atoms with E-state index in [4.69, 9.17) is 4.52 Å². The molecule has 1 aromatic carbocycles. The predicted molar refractivity (Wildman–Crippen MR) is 102 cm³/mol. The van der Waals surface area contributed by atoms with E-state index in [-0.39, 0.29) is 0 Å². The fraction of sp³-hybridized carbons (Fsp3) is 0.550. The van der Waals surface area contributed by atoms with Crippen molar-refractivity contribution in [2.45, 2.75) is 38.6 Å². The molecular weight excluding hydrogens is 312 g/mol. The summed E-state index contributed by atoms with van der Waals surface area (Å²) in [5.41, 5.74) is 2.49. The Hall–Kier alpha value is -1.85. The molecule has 1 aliphatic carbocycles. The van der Waals surface area contributed by atoms with Gasteiger partial charge in [0.25, 0.3) is 0 Å². The summed E-state index contributed by atoms with van der Waals surface area (Å²) < 4.78 is 5.32. The van der Waals surface area contributed by atoms with E-state index in [2.05, 4.69) is 51.9 Å². The van der Waals surface area contributed by atoms with E-state index in [0.717, 1.165) is 51.3 Å². The fourth-order valence-electron chi connectivity index (χ4n) is 3.59. The SMILES string of the molecule is CCCN(CCNCCNc1ccccc1)C1CCc2oncc2C1. The number of nitrogens with zero attached hydrogens (tertiary/aromatic N) is 2. The van der Waals surface area contributed by atoms with Crippen LogP contribution in [0.2, 0.25) is 0 Å². The number of para-hydroxylation sites is 1. The fourth-order valence-corrected chi connectivity index (χ4v) is 3.59. The molecule has 1 aromatic heterocycles. The van der Waals surface area contributed by atoms with E-state index < -0.39 is 0 Å². The van der Waals surface area contributed by atoms with Crippen LogP contribution in [0.1, 0.15) is 31.1 Å². The van der Waals surface area contributed by atoms with E-state index in [0.29, 0.717) is 6.04 Å². The first kappa shape index (κ1) is 18.0. The minimum Gasteiger partial charge on any atom is -0.384 e. The molecule has 0 saturated heterocycles. The van der Waals surface area contributed by atoms with Gasteiger partial charge < -0.3 is 15.2 Å². The quantitative estimate of drug-likeness (QED) is 0.650. The predicted octanol–water partition coefficient (Wildman–Crippen LogP) is 2.95. The monoisotopic (exact) mass is 342 g/mol. The molecule has 0 bridgehead atoms. The summed E-state index contributed by atoms with van der Waals surface area (Å²) in [7, 11) is 0. The van der Waals surface area contributed by atoms with E-state index in [1.807, 2.05) is 12.3 Å². The molecule has 2 N–H and O–H groups in total. The van der Waals surface area contributed by atoms with Crippen LogP contribution in [0, 0.1) is 0 Å². The number of fused-ring (bicyclic) bond motifs is 1. The molecule has 2 aromatic rings. The molecule has 0 radical (unpaired) electrons. The van der Waals surface area contributed by atoms with Crippen molar-refractivity contribution in [3.05, 3.63) is 47.9 Å². The van der Waals surface area contributed by atoms with Crippen LogP contribution in [0.3, 0.4) is 0 Å². The second-order valence-electron chi connectivity index (χ2n) is 6.75. The van der Waals surface area contributed by atoms with E-state index >= 15 is 0 Å². The Morgan fingerprint density at radius 3 is 2.88 bits per heavy atom. The Morgan fingerprint density at radius 1 is 1.16 bits per heavy atom. The Kier molecular flexibility index (Phi) is 6.89. The van der Waals surface area contributed by atoms with Crippen LogP contribution < -0.4 is 10.6 Å². The van der Waals surface area contributed by atoms with E-state index in [1.54, 1.807) is 0 Å². The van der Waals surface area contributed by atoms with Crippen molar-refractivity contribution in [3.63, 3.8) is 0 Å². The zero-order chi connectivity index (χ0) is 17.3. The third kappa shape index (κ3) is 5.31. The number of aryl methyl sites for hydroxylation is 1. The highest BCUT2D eigenvalue weighted by Crippen LogP contribution is 2.24. The van der Waals surface area contributed by atoms with Gasteiger partial charge in [-0.05, 0) is 37.9 Å². The first-order chi connectivity index (χ1) is 12.4. The van der Waals surface area contributed by atoms with Crippen LogP contribution in [0.4, 0.5) is 5.69 Å². The summed E-state index contributed by atoms with van der Waals surface area (Å²) in [5.74, 6) is 1.10. The molecule has 0 amide bonds. The van der Waals surface area contributed by atoms with Crippen molar-refractivity contribution in [3.8, 4) is 0 Å². The normalized spacial score (nSPS) is 16.8. The minimum atomic E-state index is 0.621. The molecule has 0 saturated carbocycles. The van der Waals surface area contributed by atoms with Gasteiger partial charge in [-0.15, -0.1) is 0 Å². The summed E-state index contributed by atoms with van der Waals surface area (Å²) in [6.07, 6.45) is 6.38. The third-order valence-electron chi connectivity index (χ3n) is 4.90. The summed E-state index contributed by atoms with van der Waals surface area (Å²) in [5, 5.41) is 11.0. The van der Waals surface area contributed by atoms with Gasteiger partial charge in [0.2, 0.25) is 0 Å². The number of rotatable bonds is 10.